The summed E-state index contributed by atoms with van der Waals surface area (Å²) in [7, 11) is 3.01. The largest absolute Gasteiger partial charge is 0.469 e. The topological polar surface area (TPSA) is 35.5 Å². The van der Waals surface area contributed by atoms with Crippen molar-refractivity contribution in [2.75, 3.05) is 14.2 Å². The van der Waals surface area contributed by atoms with Gasteiger partial charge in [0.2, 0.25) is 0 Å². The van der Waals surface area contributed by atoms with Crippen LogP contribution in [-0.2, 0) is 14.3 Å². The number of hydrogen-bond acceptors (Lipinski definition) is 3. The molecular weight excluding hydrogens is 156 g/mol. The molecule has 0 spiro atoms. The molecule has 0 N–H and O–H groups in total. The third-order valence-corrected chi connectivity index (χ3v) is 1.69. The first kappa shape index (κ1) is 11.4. The van der Waals surface area contributed by atoms with Gasteiger partial charge in [0.1, 0.15) is 0 Å². The third-order valence-electron chi connectivity index (χ3n) is 1.69. The summed E-state index contributed by atoms with van der Waals surface area (Å²) in [5.41, 5.74) is 0. The lowest BCUT2D eigenvalue weighted by molar-refractivity contribution is -0.143. The lowest BCUT2D eigenvalue weighted by Crippen LogP contribution is -2.19. The molecule has 0 saturated heterocycles. The van der Waals surface area contributed by atoms with Crippen LogP contribution < -0.4 is 0 Å². The molecule has 1 atom stereocenters. The van der Waals surface area contributed by atoms with Gasteiger partial charge in [0.15, 0.2) is 0 Å². The number of esters is 1. The molecule has 0 amide bonds. The normalized spacial score (nSPS) is 13.1. The zero-order chi connectivity index (χ0) is 9.56. The van der Waals surface area contributed by atoms with Crippen LogP contribution in [0.4, 0.5) is 0 Å². The monoisotopic (exact) mass is 174 g/mol. The van der Waals surface area contributed by atoms with Crippen molar-refractivity contribution in [3.8, 4) is 0 Å². The predicted molar refractivity (Wildman–Crippen MR) is 46.9 cm³/mol. The van der Waals surface area contributed by atoms with Crippen molar-refractivity contribution < 1.29 is 14.3 Å². The SMILES string of the molecule is COC(=O)C[C@H](CC(C)C)OC. The van der Waals surface area contributed by atoms with Crippen LogP contribution in [0, 0.1) is 5.92 Å². The molecule has 0 fully saturated rings. The Labute approximate surface area is 74.0 Å². The van der Waals surface area contributed by atoms with Crippen LogP contribution in [0.3, 0.4) is 0 Å². The van der Waals surface area contributed by atoms with Gasteiger partial charge in [-0.25, -0.2) is 0 Å². The van der Waals surface area contributed by atoms with E-state index in [1.54, 1.807) is 7.11 Å². The summed E-state index contributed by atoms with van der Waals surface area (Å²) < 4.78 is 9.68. The first-order valence-electron chi connectivity index (χ1n) is 4.19. The molecule has 0 saturated carbocycles. The molecular formula is C9H18O3. The van der Waals surface area contributed by atoms with Gasteiger partial charge in [0.25, 0.3) is 0 Å². The third kappa shape index (κ3) is 5.13. The Kier molecular flexibility index (Phi) is 5.72. The molecule has 0 aliphatic carbocycles. The Hall–Kier alpha value is -0.570. The average Bonchev–Trinajstić information content (AvgIpc) is 2.02. The van der Waals surface area contributed by atoms with Crippen LogP contribution in [0.25, 0.3) is 0 Å². The lowest BCUT2D eigenvalue weighted by atomic mass is 10.0. The fourth-order valence-electron chi connectivity index (χ4n) is 1.06. The van der Waals surface area contributed by atoms with E-state index in [1.165, 1.54) is 7.11 Å². The second-order valence-electron chi connectivity index (χ2n) is 3.27. The molecule has 0 bridgehead atoms. The van der Waals surface area contributed by atoms with Crippen LogP contribution in [-0.4, -0.2) is 26.3 Å². The van der Waals surface area contributed by atoms with E-state index >= 15 is 0 Å². The summed E-state index contributed by atoms with van der Waals surface area (Å²) in [4.78, 5) is 10.9. The summed E-state index contributed by atoms with van der Waals surface area (Å²) in [5.74, 6) is 0.335. The van der Waals surface area contributed by atoms with Crippen molar-refractivity contribution in [2.24, 2.45) is 5.92 Å². The van der Waals surface area contributed by atoms with E-state index in [4.69, 9.17) is 4.74 Å². The minimum atomic E-state index is -0.206. The zero-order valence-electron chi connectivity index (χ0n) is 8.29. The highest BCUT2D eigenvalue weighted by atomic mass is 16.5. The zero-order valence-corrected chi connectivity index (χ0v) is 8.29. The fraction of sp³-hybridized carbons (Fsp3) is 0.889. The molecule has 0 radical (unpaired) electrons. The number of ether oxygens (including phenoxy) is 2. The summed E-state index contributed by atoms with van der Waals surface area (Å²) in [6.45, 7) is 4.20. The van der Waals surface area contributed by atoms with Gasteiger partial charge >= 0.3 is 5.97 Å². The van der Waals surface area contributed by atoms with Gasteiger partial charge in [-0.1, -0.05) is 13.8 Å². The Morgan fingerprint density at radius 2 is 1.92 bits per heavy atom. The van der Waals surface area contributed by atoms with Crippen LogP contribution in [0.5, 0.6) is 0 Å². The van der Waals surface area contributed by atoms with Crippen molar-refractivity contribution in [3.63, 3.8) is 0 Å². The standard InChI is InChI=1S/C9H18O3/c1-7(2)5-8(11-3)6-9(10)12-4/h7-8H,5-6H2,1-4H3/t8-/m0/s1. The fourth-order valence-corrected chi connectivity index (χ4v) is 1.06. The Morgan fingerprint density at radius 1 is 1.33 bits per heavy atom. The van der Waals surface area contributed by atoms with E-state index in [0.717, 1.165) is 6.42 Å². The summed E-state index contributed by atoms with van der Waals surface area (Å²) in [6, 6.07) is 0. The van der Waals surface area contributed by atoms with E-state index in [9.17, 15) is 4.79 Å². The Bertz CT molecular complexity index is 132. The molecule has 0 aliphatic rings. The molecule has 0 unspecified atom stereocenters. The highest BCUT2D eigenvalue weighted by Gasteiger charge is 2.14. The minimum absolute atomic E-state index is 0.00236. The Balaban J connectivity index is 3.74. The molecule has 12 heavy (non-hydrogen) atoms. The van der Waals surface area contributed by atoms with Crippen molar-refractivity contribution >= 4 is 5.97 Å². The van der Waals surface area contributed by atoms with Gasteiger partial charge in [-0.05, 0) is 12.3 Å². The minimum Gasteiger partial charge on any atom is -0.469 e. The smallest absolute Gasteiger partial charge is 0.308 e. The van der Waals surface area contributed by atoms with E-state index in [-0.39, 0.29) is 12.1 Å². The molecule has 72 valence electrons. The maximum Gasteiger partial charge on any atom is 0.308 e. The first-order chi connectivity index (χ1) is 5.60. The van der Waals surface area contributed by atoms with Gasteiger partial charge < -0.3 is 9.47 Å². The molecule has 0 heterocycles. The Morgan fingerprint density at radius 3 is 2.25 bits per heavy atom. The van der Waals surface area contributed by atoms with Gasteiger partial charge in [0, 0.05) is 7.11 Å². The van der Waals surface area contributed by atoms with Crippen molar-refractivity contribution in [1.29, 1.82) is 0 Å². The van der Waals surface area contributed by atoms with Gasteiger partial charge in [-0.15, -0.1) is 0 Å². The second-order valence-corrected chi connectivity index (χ2v) is 3.27. The molecule has 3 heteroatoms. The first-order valence-corrected chi connectivity index (χ1v) is 4.19. The average molecular weight is 174 g/mol. The van der Waals surface area contributed by atoms with Crippen LogP contribution in [0.2, 0.25) is 0 Å². The number of rotatable bonds is 5. The van der Waals surface area contributed by atoms with E-state index in [2.05, 4.69) is 18.6 Å². The number of carbonyl (C=O) groups is 1. The highest BCUT2D eigenvalue weighted by Crippen LogP contribution is 2.11. The molecule has 0 aromatic heterocycles. The van der Waals surface area contributed by atoms with Gasteiger partial charge in [-0.2, -0.15) is 0 Å². The number of methoxy groups -OCH3 is 2. The van der Waals surface area contributed by atoms with Crippen molar-refractivity contribution in [2.45, 2.75) is 32.8 Å². The summed E-state index contributed by atoms with van der Waals surface area (Å²) in [6.07, 6.45) is 1.24. The second kappa shape index (κ2) is 6.00. The van der Waals surface area contributed by atoms with Crippen LogP contribution in [0.15, 0.2) is 0 Å². The van der Waals surface area contributed by atoms with Crippen LogP contribution in [0.1, 0.15) is 26.7 Å². The molecule has 0 aliphatic heterocycles. The van der Waals surface area contributed by atoms with E-state index in [1.807, 2.05) is 0 Å². The van der Waals surface area contributed by atoms with E-state index < -0.39 is 0 Å². The van der Waals surface area contributed by atoms with Gasteiger partial charge in [-0.3, -0.25) is 4.79 Å². The number of carbonyl (C=O) groups excluding carboxylic acids is 1. The van der Waals surface area contributed by atoms with Crippen molar-refractivity contribution in [1.82, 2.24) is 0 Å². The maximum atomic E-state index is 10.9. The van der Waals surface area contributed by atoms with Gasteiger partial charge in [0.05, 0.1) is 19.6 Å². The molecule has 0 rings (SSSR count). The van der Waals surface area contributed by atoms with Crippen LogP contribution >= 0.6 is 0 Å². The number of hydrogen-bond donors (Lipinski definition) is 0. The summed E-state index contributed by atoms with van der Waals surface area (Å²) in [5, 5.41) is 0. The predicted octanol–water partition coefficient (Wildman–Crippen LogP) is 1.61. The van der Waals surface area contributed by atoms with Crippen molar-refractivity contribution in [3.05, 3.63) is 0 Å². The maximum absolute atomic E-state index is 10.9. The summed E-state index contributed by atoms with van der Waals surface area (Å²) >= 11 is 0. The molecule has 0 aromatic rings. The highest BCUT2D eigenvalue weighted by molar-refractivity contribution is 5.69. The quantitative estimate of drug-likeness (QED) is 0.594. The molecule has 0 aromatic carbocycles. The van der Waals surface area contributed by atoms with E-state index in [0.29, 0.717) is 12.3 Å². The molecule has 3 nitrogen and oxygen atoms in total. The lowest BCUT2D eigenvalue weighted by Gasteiger charge is -2.15.